The van der Waals surface area contributed by atoms with Gasteiger partial charge in [0.2, 0.25) is 0 Å². The van der Waals surface area contributed by atoms with Gasteiger partial charge in [-0.05, 0) is 24.3 Å². The van der Waals surface area contributed by atoms with Gasteiger partial charge < -0.3 is 9.88 Å². The Morgan fingerprint density at radius 2 is 2.10 bits per heavy atom. The van der Waals surface area contributed by atoms with Crippen molar-refractivity contribution in [2.75, 3.05) is 7.05 Å². The van der Waals surface area contributed by atoms with E-state index in [2.05, 4.69) is 9.97 Å². The summed E-state index contributed by atoms with van der Waals surface area (Å²) in [6.45, 7) is 0.229. The SMILES string of the molecule is CN(Cc1ccccc1F)C(=O)c1ccc2nc[nH]c2c1. The number of aromatic amines is 1. The number of hydrogen-bond acceptors (Lipinski definition) is 2. The van der Waals surface area contributed by atoms with Gasteiger partial charge in [0.15, 0.2) is 0 Å². The molecule has 0 spiro atoms. The van der Waals surface area contributed by atoms with Crippen LogP contribution in [0.3, 0.4) is 0 Å². The number of imidazole rings is 1. The van der Waals surface area contributed by atoms with Crippen molar-refractivity contribution >= 4 is 16.9 Å². The summed E-state index contributed by atoms with van der Waals surface area (Å²) in [6.07, 6.45) is 1.59. The van der Waals surface area contributed by atoms with Crippen LogP contribution in [0.15, 0.2) is 48.8 Å². The third kappa shape index (κ3) is 2.63. The highest BCUT2D eigenvalue weighted by molar-refractivity contribution is 5.97. The van der Waals surface area contributed by atoms with Crippen molar-refractivity contribution in [1.29, 1.82) is 0 Å². The van der Waals surface area contributed by atoms with Crippen LogP contribution in [0.2, 0.25) is 0 Å². The Labute approximate surface area is 121 Å². The highest BCUT2D eigenvalue weighted by Gasteiger charge is 2.14. The maximum Gasteiger partial charge on any atom is 0.253 e. The second-order valence-electron chi connectivity index (χ2n) is 4.89. The molecule has 0 saturated heterocycles. The van der Waals surface area contributed by atoms with Gasteiger partial charge in [0.05, 0.1) is 17.4 Å². The summed E-state index contributed by atoms with van der Waals surface area (Å²) in [5.74, 6) is -0.462. The van der Waals surface area contributed by atoms with Crippen LogP contribution in [-0.2, 0) is 6.54 Å². The second-order valence-corrected chi connectivity index (χ2v) is 4.89. The number of carbonyl (C=O) groups excluding carboxylic acids is 1. The molecule has 2 aromatic carbocycles. The Hall–Kier alpha value is -2.69. The van der Waals surface area contributed by atoms with Crippen molar-refractivity contribution in [2.24, 2.45) is 0 Å². The molecular formula is C16H14FN3O. The minimum atomic E-state index is -0.304. The van der Waals surface area contributed by atoms with Crippen LogP contribution >= 0.6 is 0 Å². The number of hydrogen-bond donors (Lipinski definition) is 1. The Kier molecular flexibility index (Phi) is 3.39. The summed E-state index contributed by atoms with van der Waals surface area (Å²) in [5.41, 5.74) is 2.66. The lowest BCUT2D eigenvalue weighted by atomic mass is 10.1. The molecular weight excluding hydrogens is 269 g/mol. The maximum atomic E-state index is 13.6. The average molecular weight is 283 g/mol. The molecule has 0 saturated carbocycles. The number of rotatable bonds is 3. The molecule has 0 unspecified atom stereocenters. The minimum absolute atomic E-state index is 0.158. The number of H-pyrrole nitrogens is 1. The van der Waals surface area contributed by atoms with E-state index in [9.17, 15) is 9.18 Å². The van der Waals surface area contributed by atoms with E-state index in [1.165, 1.54) is 11.0 Å². The number of nitrogens with zero attached hydrogens (tertiary/aromatic N) is 2. The molecule has 0 aliphatic heterocycles. The van der Waals surface area contributed by atoms with Crippen LogP contribution in [0.4, 0.5) is 4.39 Å². The number of fused-ring (bicyclic) bond motifs is 1. The van der Waals surface area contributed by atoms with Crippen molar-refractivity contribution in [2.45, 2.75) is 6.54 Å². The van der Waals surface area contributed by atoms with Gasteiger partial charge in [-0.15, -0.1) is 0 Å². The van der Waals surface area contributed by atoms with Gasteiger partial charge in [-0.2, -0.15) is 0 Å². The number of nitrogens with one attached hydrogen (secondary N) is 1. The van der Waals surface area contributed by atoms with Crippen molar-refractivity contribution in [1.82, 2.24) is 14.9 Å². The quantitative estimate of drug-likeness (QED) is 0.803. The van der Waals surface area contributed by atoms with Crippen LogP contribution in [0.25, 0.3) is 11.0 Å². The van der Waals surface area contributed by atoms with Crippen LogP contribution in [0, 0.1) is 5.82 Å². The normalized spacial score (nSPS) is 10.8. The Bertz CT molecular complexity index is 797. The van der Waals surface area contributed by atoms with Gasteiger partial charge in [0, 0.05) is 24.7 Å². The molecule has 4 nitrogen and oxygen atoms in total. The van der Waals surface area contributed by atoms with Gasteiger partial charge in [-0.25, -0.2) is 9.37 Å². The first kappa shape index (κ1) is 13.3. The first-order valence-electron chi connectivity index (χ1n) is 6.57. The molecule has 21 heavy (non-hydrogen) atoms. The Morgan fingerprint density at radius 1 is 1.29 bits per heavy atom. The van der Waals surface area contributed by atoms with Crippen molar-refractivity contribution < 1.29 is 9.18 Å². The first-order chi connectivity index (χ1) is 10.1. The predicted octanol–water partition coefficient (Wildman–Crippen LogP) is 2.97. The summed E-state index contributed by atoms with van der Waals surface area (Å²) in [6, 6.07) is 11.7. The van der Waals surface area contributed by atoms with Crippen molar-refractivity contribution in [3.63, 3.8) is 0 Å². The molecule has 1 amide bonds. The summed E-state index contributed by atoms with van der Waals surface area (Å²) in [4.78, 5) is 21.0. The number of carbonyl (C=O) groups is 1. The van der Waals surface area contributed by atoms with E-state index in [0.717, 1.165) is 11.0 Å². The molecule has 1 heterocycles. The van der Waals surface area contributed by atoms with Crippen molar-refractivity contribution in [3.8, 4) is 0 Å². The molecule has 0 radical (unpaired) electrons. The lowest BCUT2D eigenvalue weighted by Gasteiger charge is -2.17. The summed E-state index contributed by atoms with van der Waals surface area (Å²) in [7, 11) is 1.66. The monoisotopic (exact) mass is 283 g/mol. The van der Waals surface area contributed by atoms with Crippen LogP contribution < -0.4 is 0 Å². The fourth-order valence-corrected chi connectivity index (χ4v) is 2.24. The third-order valence-electron chi connectivity index (χ3n) is 3.38. The van der Waals surface area contributed by atoms with Gasteiger partial charge in [-0.3, -0.25) is 4.79 Å². The number of halogens is 1. The molecule has 5 heteroatoms. The molecule has 3 rings (SSSR count). The number of benzene rings is 2. The lowest BCUT2D eigenvalue weighted by molar-refractivity contribution is 0.0784. The molecule has 106 valence electrons. The van der Waals surface area contributed by atoms with E-state index in [1.807, 2.05) is 0 Å². The Balaban J connectivity index is 1.82. The molecule has 0 aliphatic carbocycles. The second kappa shape index (κ2) is 5.36. The molecule has 1 N–H and O–H groups in total. The molecule has 0 atom stereocenters. The van der Waals surface area contributed by atoms with Crippen LogP contribution in [-0.4, -0.2) is 27.8 Å². The fraction of sp³-hybridized carbons (Fsp3) is 0.125. The highest BCUT2D eigenvalue weighted by Crippen LogP contribution is 2.15. The van der Waals surface area contributed by atoms with Crippen LogP contribution in [0.5, 0.6) is 0 Å². The van der Waals surface area contributed by atoms with Gasteiger partial charge in [0.1, 0.15) is 5.82 Å². The molecule has 1 aromatic heterocycles. The predicted molar refractivity (Wildman–Crippen MR) is 78.3 cm³/mol. The topological polar surface area (TPSA) is 49.0 Å². The Morgan fingerprint density at radius 3 is 2.90 bits per heavy atom. The lowest BCUT2D eigenvalue weighted by Crippen LogP contribution is -2.26. The zero-order valence-corrected chi connectivity index (χ0v) is 11.5. The van der Waals surface area contributed by atoms with E-state index in [1.54, 1.807) is 49.8 Å². The summed E-state index contributed by atoms with van der Waals surface area (Å²) >= 11 is 0. The zero-order valence-electron chi connectivity index (χ0n) is 11.5. The maximum absolute atomic E-state index is 13.6. The number of aromatic nitrogens is 2. The average Bonchev–Trinajstić information content (AvgIpc) is 2.96. The van der Waals surface area contributed by atoms with Gasteiger partial charge in [-0.1, -0.05) is 18.2 Å². The van der Waals surface area contributed by atoms with Gasteiger partial charge >= 0.3 is 0 Å². The van der Waals surface area contributed by atoms with Gasteiger partial charge in [0.25, 0.3) is 5.91 Å². The van der Waals surface area contributed by atoms with E-state index in [0.29, 0.717) is 11.1 Å². The summed E-state index contributed by atoms with van der Waals surface area (Å²) in [5, 5.41) is 0. The molecule has 0 fully saturated rings. The first-order valence-corrected chi connectivity index (χ1v) is 6.57. The minimum Gasteiger partial charge on any atom is -0.345 e. The zero-order chi connectivity index (χ0) is 14.8. The molecule has 3 aromatic rings. The van der Waals surface area contributed by atoms with E-state index in [4.69, 9.17) is 0 Å². The largest absolute Gasteiger partial charge is 0.345 e. The van der Waals surface area contributed by atoms with E-state index < -0.39 is 0 Å². The van der Waals surface area contributed by atoms with Crippen LogP contribution in [0.1, 0.15) is 15.9 Å². The van der Waals surface area contributed by atoms with Crippen molar-refractivity contribution in [3.05, 3.63) is 65.7 Å². The third-order valence-corrected chi connectivity index (χ3v) is 3.38. The highest BCUT2D eigenvalue weighted by atomic mass is 19.1. The van der Waals surface area contributed by atoms with E-state index in [-0.39, 0.29) is 18.3 Å². The summed E-state index contributed by atoms with van der Waals surface area (Å²) < 4.78 is 13.6. The number of amides is 1. The van der Waals surface area contributed by atoms with E-state index >= 15 is 0 Å². The standard InChI is InChI=1S/C16H14FN3O/c1-20(9-12-4-2-3-5-13(12)17)16(21)11-6-7-14-15(8-11)19-10-18-14/h2-8,10H,9H2,1H3,(H,18,19). The molecule has 0 bridgehead atoms. The fourth-order valence-electron chi connectivity index (χ4n) is 2.24. The molecule has 0 aliphatic rings. The smallest absolute Gasteiger partial charge is 0.253 e.